The lowest BCUT2D eigenvalue weighted by atomic mass is 9.96. The fraction of sp³-hybridized carbons (Fsp3) is 0.929. The number of likely N-dealkylation sites (tertiary alicyclic amines) is 1. The van der Waals surface area contributed by atoms with Gasteiger partial charge in [-0.1, -0.05) is 0 Å². The highest BCUT2D eigenvalue weighted by atomic mass is 32.2. The second-order valence-corrected chi connectivity index (χ2v) is 8.35. The van der Waals surface area contributed by atoms with Gasteiger partial charge in [0, 0.05) is 39.8 Å². The van der Waals surface area contributed by atoms with E-state index in [1.165, 1.54) is 7.05 Å². The molecule has 1 amide bonds. The lowest BCUT2D eigenvalue weighted by Crippen LogP contribution is -2.46. The van der Waals surface area contributed by atoms with Gasteiger partial charge in [-0.05, 0) is 18.8 Å². The number of piperidine rings is 1. The first-order chi connectivity index (χ1) is 10.4. The zero-order valence-electron chi connectivity index (χ0n) is 13.5. The van der Waals surface area contributed by atoms with Gasteiger partial charge in [0.15, 0.2) is 0 Å². The molecule has 0 bridgehead atoms. The van der Waals surface area contributed by atoms with Crippen LogP contribution in [0.3, 0.4) is 0 Å². The maximum atomic E-state index is 12.1. The average Bonchev–Trinajstić information content (AvgIpc) is 2.48. The summed E-state index contributed by atoms with van der Waals surface area (Å²) in [6.07, 6.45) is 3.10. The van der Waals surface area contributed by atoms with Gasteiger partial charge in [-0.3, -0.25) is 9.69 Å². The van der Waals surface area contributed by atoms with Crippen LogP contribution in [0.15, 0.2) is 0 Å². The Bertz CT molecular complexity index is 468. The molecule has 8 heteroatoms. The van der Waals surface area contributed by atoms with E-state index in [-0.39, 0.29) is 12.5 Å². The third-order valence-corrected chi connectivity index (χ3v) is 5.77. The first-order valence-corrected chi connectivity index (χ1v) is 9.70. The second kappa shape index (κ2) is 7.72. The van der Waals surface area contributed by atoms with Crippen LogP contribution in [0.25, 0.3) is 0 Å². The van der Waals surface area contributed by atoms with Gasteiger partial charge in [0.2, 0.25) is 15.9 Å². The van der Waals surface area contributed by atoms with Crippen molar-refractivity contribution < 1.29 is 17.9 Å². The molecule has 0 unspecified atom stereocenters. The number of hydrogen-bond donors (Lipinski definition) is 0. The Labute approximate surface area is 133 Å². The number of nitrogens with zero attached hydrogens (tertiary/aromatic N) is 3. The molecule has 2 heterocycles. The van der Waals surface area contributed by atoms with Crippen molar-refractivity contribution in [2.24, 2.45) is 5.92 Å². The molecule has 22 heavy (non-hydrogen) atoms. The molecular formula is C14H27N3O4S. The van der Waals surface area contributed by atoms with E-state index in [1.54, 1.807) is 4.90 Å². The van der Waals surface area contributed by atoms with Crippen LogP contribution in [-0.4, -0.2) is 94.2 Å². The van der Waals surface area contributed by atoms with E-state index in [1.807, 2.05) is 0 Å². The summed E-state index contributed by atoms with van der Waals surface area (Å²) >= 11 is 0. The van der Waals surface area contributed by atoms with Gasteiger partial charge in [-0.2, -0.15) is 4.31 Å². The van der Waals surface area contributed by atoms with E-state index in [2.05, 4.69) is 4.90 Å². The van der Waals surface area contributed by atoms with Gasteiger partial charge in [0.25, 0.3) is 0 Å². The van der Waals surface area contributed by atoms with Crippen molar-refractivity contribution in [1.82, 2.24) is 14.1 Å². The molecule has 0 N–H and O–H groups in total. The molecule has 128 valence electrons. The van der Waals surface area contributed by atoms with Gasteiger partial charge in [-0.25, -0.2) is 8.42 Å². The van der Waals surface area contributed by atoms with E-state index >= 15 is 0 Å². The Hall–Kier alpha value is -0.700. The molecule has 0 saturated carbocycles. The van der Waals surface area contributed by atoms with Crippen LogP contribution in [0.4, 0.5) is 0 Å². The maximum Gasteiger partial charge on any atom is 0.237 e. The summed E-state index contributed by atoms with van der Waals surface area (Å²) in [5.41, 5.74) is 0. The SMILES string of the molecule is CN(CC(=O)N1CCC(CN2CCOCC2)CC1)S(C)(=O)=O. The lowest BCUT2D eigenvalue weighted by molar-refractivity contribution is -0.132. The molecule has 2 aliphatic rings. The zero-order valence-corrected chi connectivity index (χ0v) is 14.3. The third kappa shape index (κ3) is 5.19. The van der Waals surface area contributed by atoms with Gasteiger partial charge in [0.1, 0.15) is 0 Å². The number of hydrogen-bond acceptors (Lipinski definition) is 5. The van der Waals surface area contributed by atoms with E-state index in [4.69, 9.17) is 4.74 Å². The summed E-state index contributed by atoms with van der Waals surface area (Å²) in [5, 5.41) is 0. The fourth-order valence-electron chi connectivity index (χ4n) is 2.92. The quantitative estimate of drug-likeness (QED) is 0.675. The van der Waals surface area contributed by atoms with E-state index in [0.29, 0.717) is 5.92 Å². The van der Waals surface area contributed by atoms with Crippen LogP contribution in [0.2, 0.25) is 0 Å². The van der Waals surface area contributed by atoms with Gasteiger partial charge in [-0.15, -0.1) is 0 Å². The molecule has 0 spiro atoms. The largest absolute Gasteiger partial charge is 0.379 e. The van der Waals surface area contributed by atoms with Crippen molar-refractivity contribution in [3.63, 3.8) is 0 Å². The molecule has 2 saturated heterocycles. The van der Waals surface area contributed by atoms with Gasteiger partial charge < -0.3 is 9.64 Å². The molecule has 2 aliphatic heterocycles. The lowest BCUT2D eigenvalue weighted by Gasteiger charge is -2.36. The Morgan fingerprint density at radius 3 is 2.32 bits per heavy atom. The first kappa shape index (κ1) is 17.7. The van der Waals surface area contributed by atoms with Crippen LogP contribution >= 0.6 is 0 Å². The third-order valence-electron chi connectivity index (χ3n) is 4.51. The normalized spacial score (nSPS) is 22.2. The summed E-state index contributed by atoms with van der Waals surface area (Å²) in [7, 11) is -1.86. The van der Waals surface area contributed by atoms with Crippen molar-refractivity contribution in [2.45, 2.75) is 12.8 Å². The Kier molecular flexibility index (Phi) is 6.19. The Balaban J connectivity index is 1.73. The van der Waals surface area contributed by atoms with E-state index in [9.17, 15) is 13.2 Å². The molecular weight excluding hydrogens is 306 g/mol. The molecule has 2 rings (SSSR count). The molecule has 0 atom stereocenters. The van der Waals surface area contributed by atoms with Crippen LogP contribution in [0.5, 0.6) is 0 Å². The number of sulfonamides is 1. The number of carbonyl (C=O) groups excluding carboxylic acids is 1. The minimum Gasteiger partial charge on any atom is -0.379 e. The number of ether oxygens (including phenoxy) is 1. The number of carbonyl (C=O) groups is 1. The monoisotopic (exact) mass is 333 g/mol. The molecule has 0 aromatic rings. The highest BCUT2D eigenvalue weighted by molar-refractivity contribution is 7.88. The molecule has 0 radical (unpaired) electrons. The van der Waals surface area contributed by atoms with Crippen molar-refractivity contribution in [3.8, 4) is 0 Å². The highest BCUT2D eigenvalue weighted by Gasteiger charge is 2.26. The summed E-state index contributed by atoms with van der Waals surface area (Å²) < 4.78 is 29.2. The maximum absolute atomic E-state index is 12.1. The molecule has 0 aromatic heterocycles. The van der Waals surface area contributed by atoms with Gasteiger partial charge >= 0.3 is 0 Å². The fourth-order valence-corrected chi connectivity index (χ4v) is 3.27. The van der Waals surface area contributed by atoms with Crippen LogP contribution in [0.1, 0.15) is 12.8 Å². The van der Waals surface area contributed by atoms with Crippen LogP contribution in [0, 0.1) is 5.92 Å². The van der Waals surface area contributed by atoms with Crippen LogP contribution < -0.4 is 0 Å². The number of amides is 1. The second-order valence-electron chi connectivity index (χ2n) is 6.26. The highest BCUT2D eigenvalue weighted by Crippen LogP contribution is 2.19. The van der Waals surface area contributed by atoms with Crippen molar-refractivity contribution in [2.75, 3.05) is 65.8 Å². The predicted molar refractivity (Wildman–Crippen MR) is 84.0 cm³/mol. The van der Waals surface area contributed by atoms with E-state index in [0.717, 1.165) is 69.3 Å². The molecule has 2 fully saturated rings. The summed E-state index contributed by atoms with van der Waals surface area (Å²) in [6, 6.07) is 0. The minimum atomic E-state index is -3.30. The standard InChI is InChI=1S/C14H27N3O4S/c1-15(22(2,19)20)12-14(18)17-5-3-13(4-6-17)11-16-7-9-21-10-8-16/h13H,3-12H2,1-2H3. The van der Waals surface area contributed by atoms with Gasteiger partial charge in [0.05, 0.1) is 26.0 Å². The number of likely N-dealkylation sites (N-methyl/N-ethyl adjacent to an activating group) is 1. The summed E-state index contributed by atoms with van der Waals surface area (Å²) in [6.45, 7) is 6.10. The minimum absolute atomic E-state index is 0.0625. The Morgan fingerprint density at radius 1 is 1.18 bits per heavy atom. The van der Waals surface area contributed by atoms with E-state index < -0.39 is 10.0 Å². The van der Waals surface area contributed by atoms with Crippen molar-refractivity contribution >= 4 is 15.9 Å². The molecule has 7 nitrogen and oxygen atoms in total. The Morgan fingerprint density at radius 2 is 1.77 bits per heavy atom. The average molecular weight is 333 g/mol. The topological polar surface area (TPSA) is 70.2 Å². The first-order valence-electron chi connectivity index (χ1n) is 7.85. The number of morpholine rings is 1. The molecule has 0 aliphatic carbocycles. The van der Waals surface area contributed by atoms with Crippen LogP contribution in [-0.2, 0) is 19.6 Å². The van der Waals surface area contributed by atoms with Crippen molar-refractivity contribution in [3.05, 3.63) is 0 Å². The molecule has 0 aromatic carbocycles. The zero-order chi connectivity index (χ0) is 16.2. The summed E-state index contributed by atoms with van der Waals surface area (Å²) in [5.74, 6) is 0.521. The number of rotatable bonds is 5. The van der Waals surface area contributed by atoms with Crippen molar-refractivity contribution in [1.29, 1.82) is 0 Å². The predicted octanol–water partition coefficient (Wildman–Crippen LogP) is -0.551. The summed E-state index contributed by atoms with van der Waals surface area (Å²) in [4.78, 5) is 16.4. The smallest absolute Gasteiger partial charge is 0.237 e.